The average Bonchev–Trinajstić information content (AvgIpc) is 2.54. The molecule has 116 valence electrons. The molecule has 4 nitrogen and oxygen atoms in total. The van der Waals surface area contributed by atoms with Gasteiger partial charge in [-0.3, -0.25) is 0 Å². The molecule has 0 amide bonds. The van der Waals surface area contributed by atoms with Crippen LogP contribution in [0.1, 0.15) is 22.7 Å². The molecule has 1 aliphatic heterocycles. The van der Waals surface area contributed by atoms with E-state index in [1.165, 1.54) is 4.31 Å². The number of nitrogens with zero attached hydrogens (tertiary/aromatic N) is 1. The van der Waals surface area contributed by atoms with Crippen molar-refractivity contribution in [1.82, 2.24) is 4.31 Å². The summed E-state index contributed by atoms with van der Waals surface area (Å²) in [5.41, 5.74) is 2.79. The van der Waals surface area contributed by atoms with Crippen LogP contribution < -0.4 is 0 Å². The van der Waals surface area contributed by atoms with Crippen LogP contribution in [0.4, 0.5) is 0 Å². The van der Waals surface area contributed by atoms with E-state index in [9.17, 15) is 13.5 Å². The molecule has 0 aliphatic carbocycles. The van der Waals surface area contributed by atoms with E-state index in [0.29, 0.717) is 13.0 Å². The van der Waals surface area contributed by atoms with E-state index in [1.807, 2.05) is 54.6 Å². The lowest BCUT2D eigenvalue weighted by molar-refractivity contribution is 0.180. The van der Waals surface area contributed by atoms with Crippen molar-refractivity contribution in [3.05, 3.63) is 71.3 Å². The quantitative estimate of drug-likeness (QED) is 0.939. The van der Waals surface area contributed by atoms with Crippen LogP contribution in [0.15, 0.2) is 54.6 Å². The molecule has 0 saturated heterocycles. The van der Waals surface area contributed by atoms with Crippen molar-refractivity contribution < 1.29 is 13.5 Å². The van der Waals surface area contributed by atoms with Gasteiger partial charge in [0.1, 0.15) is 0 Å². The van der Waals surface area contributed by atoms with Gasteiger partial charge in [0.15, 0.2) is 0 Å². The summed E-state index contributed by atoms with van der Waals surface area (Å²) in [6, 6.07) is 16.4. The van der Waals surface area contributed by atoms with Crippen molar-refractivity contribution in [2.75, 3.05) is 13.2 Å². The first-order chi connectivity index (χ1) is 10.6. The molecule has 1 aliphatic rings. The standard InChI is InChI=1S/C17H19NO3S/c19-12-17-16-9-5-4-8-15(16)10-11-18(17)22(20,21)13-14-6-2-1-3-7-14/h1-9,17,19H,10-13H2/t17-/m0/s1. The first-order valence-electron chi connectivity index (χ1n) is 7.34. The summed E-state index contributed by atoms with van der Waals surface area (Å²) in [5.74, 6) is -0.0352. The predicted molar refractivity (Wildman–Crippen MR) is 85.7 cm³/mol. The highest BCUT2D eigenvalue weighted by Crippen LogP contribution is 2.32. The molecular weight excluding hydrogens is 298 g/mol. The van der Waals surface area contributed by atoms with Crippen molar-refractivity contribution in [1.29, 1.82) is 0 Å². The van der Waals surface area contributed by atoms with E-state index >= 15 is 0 Å². The number of aliphatic hydroxyl groups is 1. The number of sulfonamides is 1. The van der Waals surface area contributed by atoms with E-state index in [2.05, 4.69) is 0 Å². The summed E-state index contributed by atoms with van der Waals surface area (Å²) in [6.07, 6.45) is 0.681. The van der Waals surface area contributed by atoms with E-state index < -0.39 is 16.1 Å². The second-order valence-corrected chi connectivity index (χ2v) is 7.42. The fourth-order valence-corrected chi connectivity index (χ4v) is 4.74. The first-order valence-corrected chi connectivity index (χ1v) is 8.95. The van der Waals surface area contributed by atoms with E-state index in [4.69, 9.17) is 0 Å². The van der Waals surface area contributed by atoms with Gasteiger partial charge in [-0.25, -0.2) is 8.42 Å². The van der Waals surface area contributed by atoms with Gasteiger partial charge in [0, 0.05) is 6.54 Å². The van der Waals surface area contributed by atoms with Crippen molar-refractivity contribution >= 4 is 10.0 Å². The van der Waals surface area contributed by atoms with E-state index in [1.54, 1.807) is 0 Å². The fourth-order valence-electron chi connectivity index (χ4n) is 3.02. The van der Waals surface area contributed by atoms with Crippen LogP contribution in [0, 0.1) is 0 Å². The van der Waals surface area contributed by atoms with E-state index in [-0.39, 0.29) is 12.4 Å². The predicted octanol–water partition coefficient (Wildman–Crippen LogP) is 2.11. The molecule has 0 bridgehead atoms. The van der Waals surface area contributed by atoms with Gasteiger partial charge < -0.3 is 5.11 Å². The summed E-state index contributed by atoms with van der Waals surface area (Å²) in [5, 5.41) is 9.73. The minimum Gasteiger partial charge on any atom is -0.394 e. The maximum Gasteiger partial charge on any atom is 0.218 e. The smallest absolute Gasteiger partial charge is 0.218 e. The normalized spacial score (nSPS) is 18.9. The average molecular weight is 317 g/mol. The van der Waals surface area contributed by atoms with Crippen molar-refractivity contribution in [3.63, 3.8) is 0 Å². The van der Waals surface area contributed by atoms with Crippen molar-refractivity contribution in [3.8, 4) is 0 Å². The minimum atomic E-state index is -3.47. The number of benzene rings is 2. The minimum absolute atomic E-state index is 0.0352. The lowest BCUT2D eigenvalue weighted by atomic mass is 9.95. The molecule has 0 aromatic heterocycles. The molecule has 3 rings (SSSR count). The Labute approximate surface area is 131 Å². The van der Waals surface area contributed by atoms with Gasteiger partial charge in [-0.2, -0.15) is 4.31 Å². The Bertz CT molecular complexity index is 744. The topological polar surface area (TPSA) is 57.6 Å². The molecule has 1 atom stereocenters. The zero-order valence-electron chi connectivity index (χ0n) is 12.2. The Balaban J connectivity index is 1.91. The first kappa shape index (κ1) is 15.2. The van der Waals surface area contributed by atoms with Gasteiger partial charge in [0.25, 0.3) is 0 Å². The Morgan fingerprint density at radius 2 is 1.73 bits per heavy atom. The Kier molecular flexibility index (Phi) is 4.29. The van der Waals surface area contributed by atoms with Crippen LogP contribution in [0.5, 0.6) is 0 Å². The maximum atomic E-state index is 12.7. The Morgan fingerprint density at radius 1 is 1.05 bits per heavy atom. The van der Waals surface area contributed by atoms with Crippen LogP contribution in [-0.2, 0) is 22.2 Å². The summed E-state index contributed by atoms with van der Waals surface area (Å²) in [7, 11) is -3.47. The van der Waals surface area contributed by atoms with Gasteiger partial charge in [-0.1, -0.05) is 54.6 Å². The van der Waals surface area contributed by atoms with Gasteiger partial charge in [0.05, 0.1) is 18.4 Å². The zero-order valence-corrected chi connectivity index (χ0v) is 13.0. The molecular formula is C17H19NO3S. The molecule has 0 radical (unpaired) electrons. The second-order valence-electron chi connectivity index (χ2n) is 5.50. The van der Waals surface area contributed by atoms with Crippen LogP contribution in [-0.4, -0.2) is 31.0 Å². The summed E-state index contributed by atoms with van der Waals surface area (Å²) >= 11 is 0. The van der Waals surface area contributed by atoms with Gasteiger partial charge in [0.2, 0.25) is 10.0 Å². The maximum absolute atomic E-state index is 12.7. The van der Waals surface area contributed by atoms with Gasteiger partial charge >= 0.3 is 0 Å². The molecule has 5 heteroatoms. The number of hydrogen-bond donors (Lipinski definition) is 1. The summed E-state index contributed by atoms with van der Waals surface area (Å²) < 4.78 is 26.9. The summed E-state index contributed by atoms with van der Waals surface area (Å²) in [4.78, 5) is 0. The molecule has 2 aromatic carbocycles. The van der Waals surface area contributed by atoms with Crippen LogP contribution in [0.2, 0.25) is 0 Å². The number of hydrogen-bond acceptors (Lipinski definition) is 3. The molecule has 0 unspecified atom stereocenters. The van der Waals surface area contributed by atoms with Gasteiger partial charge in [-0.15, -0.1) is 0 Å². The number of aliphatic hydroxyl groups excluding tert-OH is 1. The molecule has 2 aromatic rings. The number of fused-ring (bicyclic) bond motifs is 1. The third kappa shape index (κ3) is 2.92. The van der Waals surface area contributed by atoms with Crippen molar-refractivity contribution in [2.24, 2.45) is 0 Å². The SMILES string of the molecule is O=S(=O)(Cc1ccccc1)N1CCc2ccccc2[C@@H]1CO. The third-order valence-electron chi connectivity index (χ3n) is 4.09. The lowest BCUT2D eigenvalue weighted by Gasteiger charge is -2.35. The highest BCUT2D eigenvalue weighted by molar-refractivity contribution is 7.88. The number of rotatable bonds is 4. The van der Waals surface area contributed by atoms with Crippen molar-refractivity contribution in [2.45, 2.75) is 18.2 Å². The van der Waals surface area contributed by atoms with Crippen LogP contribution in [0.25, 0.3) is 0 Å². The molecule has 0 saturated carbocycles. The van der Waals surface area contributed by atoms with E-state index in [0.717, 1.165) is 16.7 Å². The lowest BCUT2D eigenvalue weighted by Crippen LogP contribution is -2.42. The van der Waals surface area contributed by atoms with Crippen LogP contribution in [0.3, 0.4) is 0 Å². The van der Waals surface area contributed by atoms with Gasteiger partial charge in [-0.05, 0) is 23.1 Å². The molecule has 1 heterocycles. The zero-order chi connectivity index (χ0) is 15.6. The fraction of sp³-hybridized carbons (Fsp3) is 0.294. The van der Waals surface area contributed by atoms with Crippen LogP contribution >= 0.6 is 0 Å². The summed E-state index contributed by atoms with van der Waals surface area (Å²) in [6.45, 7) is 0.211. The Hall–Kier alpha value is -1.69. The highest BCUT2D eigenvalue weighted by atomic mass is 32.2. The largest absolute Gasteiger partial charge is 0.394 e. The third-order valence-corrected chi connectivity index (χ3v) is 5.94. The highest BCUT2D eigenvalue weighted by Gasteiger charge is 2.34. The molecule has 0 fully saturated rings. The second kappa shape index (κ2) is 6.20. The molecule has 1 N–H and O–H groups in total. The monoisotopic (exact) mass is 317 g/mol. The molecule has 22 heavy (non-hydrogen) atoms. The molecule has 0 spiro atoms. The Morgan fingerprint density at radius 3 is 2.45 bits per heavy atom.